The third-order valence-corrected chi connectivity index (χ3v) is 4.26. The second-order valence-corrected chi connectivity index (χ2v) is 6.39. The van der Waals surface area contributed by atoms with E-state index in [9.17, 15) is 8.76 Å². The summed E-state index contributed by atoms with van der Waals surface area (Å²) >= 11 is 4.24. The molecule has 0 bridgehead atoms. The molecule has 2 atom stereocenters. The van der Waals surface area contributed by atoms with Crippen LogP contribution in [0.5, 0.6) is 5.75 Å². The lowest BCUT2D eigenvalue weighted by molar-refractivity contribution is 0.369. The summed E-state index contributed by atoms with van der Waals surface area (Å²) in [5.74, 6) is 1.66. The van der Waals surface area contributed by atoms with Crippen LogP contribution >= 0.6 is 11.6 Å². The first kappa shape index (κ1) is 16.5. The molecule has 0 aliphatic carbocycles. The van der Waals surface area contributed by atoms with Gasteiger partial charge in [-0.2, -0.15) is 0 Å². The number of benzene rings is 1. The van der Waals surface area contributed by atoms with Crippen molar-refractivity contribution >= 4 is 22.7 Å². The second kappa shape index (κ2) is 7.88. The molecule has 0 aliphatic heterocycles. The molecule has 1 aromatic rings. The van der Waals surface area contributed by atoms with Crippen molar-refractivity contribution in [3.05, 3.63) is 28.8 Å². The van der Waals surface area contributed by atoms with Crippen LogP contribution in [0.25, 0.3) is 0 Å². The van der Waals surface area contributed by atoms with E-state index in [0.29, 0.717) is 23.3 Å². The first-order chi connectivity index (χ1) is 8.93. The Morgan fingerprint density at radius 2 is 2.11 bits per heavy atom. The Bertz CT molecular complexity index is 435. The van der Waals surface area contributed by atoms with Crippen molar-refractivity contribution in [1.82, 2.24) is 0 Å². The SMILES string of the molecule is COc1ccc(CC(CCS(=O)[O-])C(C)C)c(Cl)c1. The monoisotopic (exact) mass is 303 g/mol. The number of rotatable bonds is 7. The summed E-state index contributed by atoms with van der Waals surface area (Å²) in [5.41, 5.74) is 1.04. The highest BCUT2D eigenvalue weighted by Crippen LogP contribution is 2.28. The minimum Gasteiger partial charge on any atom is -0.772 e. The molecule has 0 spiro atoms. The van der Waals surface area contributed by atoms with Gasteiger partial charge in [0.05, 0.1) is 7.11 Å². The van der Waals surface area contributed by atoms with Crippen LogP contribution in [0.3, 0.4) is 0 Å². The Hall–Kier alpha value is -0.580. The van der Waals surface area contributed by atoms with Crippen molar-refractivity contribution < 1.29 is 13.5 Å². The molecule has 1 rings (SSSR count). The highest BCUT2D eigenvalue weighted by atomic mass is 35.5. The molecule has 0 aliphatic rings. The van der Waals surface area contributed by atoms with Crippen molar-refractivity contribution in [2.24, 2.45) is 11.8 Å². The standard InChI is InChI=1S/C14H21ClO3S/c1-10(2)11(6-7-19(16)17)8-12-4-5-13(18-3)9-14(12)15/h4-5,9-11H,6-8H2,1-3H3,(H,16,17)/p-1. The zero-order chi connectivity index (χ0) is 14.4. The van der Waals surface area contributed by atoms with Crippen LogP contribution < -0.4 is 4.74 Å². The van der Waals surface area contributed by atoms with E-state index in [0.717, 1.165) is 17.7 Å². The topological polar surface area (TPSA) is 49.4 Å². The molecule has 2 unspecified atom stereocenters. The van der Waals surface area contributed by atoms with E-state index in [-0.39, 0.29) is 5.75 Å². The van der Waals surface area contributed by atoms with Crippen LogP contribution in [-0.2, 0) is 17.5 Å². The molecule has 0 radical (unpaired) electrons. The van der Waals surface area contributed by atoms with Gasteiger partial charge in [0, 0.05) is 10.8 Å². The summed E-state index contributed by atoms with van der Waals surface area (Å²) in [4.78, 5) is 0. The van der Waals surface area contributed by atoms with Crippen molar-refractivity contribution in [2.75, 3.05) is 12.9 Å². The fourth-order valence-electron chi connectivity index (χ4n) is 2.02. The highest BCUT2D eigenvalue weighted by Gasteiger charge is 2.16. The van der Waals surface area contributed by atoms with E-state index in [1.54, 1.807) is 13.2 Å². The first-order valence-corrected chi connectivity index (χ1v) is 7.94. The molecule has 0 amide bonds. The van der Waals surface area contributed by atoms with Gasteiger partial charge in [-0.25, -0.2) is 0 Å². The van der Waals surface area contributed by atoms with E-state index in [2.05, 4.69) is 13.8 Å². The van der Waals surface area contributed by atoms with E-state index in [1.807, 2.05) is 12.1 Å². The van der Waals surface area contributed by atoms with Crippen molar-refractivity contribution in [3.63, 3.8) is 0 Å². The fourth-order valence-corrected chi connectivity index (χ4v) is 2.76. The molecule has 1 aromatic carbocycles. The number of hydrogen-bond acceptors (Lipinski definition) is 3. The first-order valence-electron chi connectivity index (χ1n) is 6.32. The van der Waals surface area contributed by atoms with Gasteiger partial charge in [-0.15, -0.1) is 0 Å². The maximum atomic E-state index is 10.7. The summed E-state index contributed by atoms with van der Waals surface area (Å²) in [6.45, 7) is 4.21. The van der Waals surface area contributed by atoms with Gasteiger partial charge in [-0.05, 0) is 42.4 Å². The van der Waals surface area contributed by atoms with Gasteiger partial charge in [0.15, 0.2) is 0 Å². The predicted octanol–water partition coefficient (Wildman–Crippen LogP) is 3.43. The molecular weight excluding hydrogens is 284 g/mol. The number of hydrogen-bond donors (Lipinski definition) is 0. The average Bonchev–Trinajstić information content (AvgIpc) is 2.35. The van der Waals surface area contributed by atoms with Crippen LogP contribution in [0.1, 0.15) is 25.8 Å². The van der Waals surface area contributed by atoms with Crippen molar-refractivity contribution in [2.45, 2.75) is 26.7 Å². The highest BCUT2D eigenvalue weighted by molar-refractivity contribution is 7.79. The largest absolute Gasteiger partial charge is 0.772 e. The number of halogens is 1. The van der Waals surface area contributed by atoms with Crippen LogP contribution in [0.4, 0.5) is 0 Å². The maximum absolute atomic E-state index is 10.7. The van der Waals surface area contributed by atoms with Crippen molar-refractivity contribution in [3.8, 4) is 5.75 Å². The predicted molar refractivity (Wildman–Crippen MR) is 78.4 cm³/mol. The lowest BCUT2D eigenvalue weighted by atomic mass is 9.87. The van der Waals surface area contributed by atoms with Gasteiger partial charge in [-0.1, -0.05) is 42.6 Å². The molecule has 5 heteroatoms. The molecule has 0 fully saturated rings. The second-order valence-electron chi connectivity index (χ2n) is 4.96. The molecule has 0 heterocycles. The van der Waals surface area contributed by atoms with Gasteiger partial charge in [0.25, 0.3) is 0 Å². The lowest BCUT2D eigenvalue weighted by Crippen LogP contribution is -2.15. The summed E-state index contributed by atoms with van der Waals surface area (Å²) in [7, 11) is 1.60. The van der Waals surface area contributed by atoms with E-state index in [1.165, 1.54) is 0 Å². The number of methoxy groups -OCH3 is 1. The van der Waals surface area contributed by atoms with E-state index in [4.69, 9.17) is 16.3 Å². The zero-order valence-electron chi connectivity index (χ0n) is 11.5. The van der Waals surface area contributed by atoms with Crippen LogP contribution in [0, 0.1) is 11.8 Å². The molecule has 3 nitrogen and oxygen atoms in total. The summed E-state index contributed by atoms with van der Waals surface area (Å²) in [6.07, 6.45) is 1.45. The summed E-state index contributed by atoms with van der Waals surface area (Å²) in [5, 5.41) is 0.674. The Balaban J connectivity index is 2.75. The van der Waals surface area contributed by atoms with E-state index < -0.39 is 11.1 Å². The minimum absolute atomic E-state index is 0.205. The number of ether oxygens (including phenoxy) is 1. The fraction of sp³-hybridized carbons (Fsp3) is 0.571. The lowest BCUT2D eigenvalue weighted by Gasteiger charge is -2.22. The minimum atomic E-state index is -1.97. The third kappa shape index (κ3) is 5.51. The smallest absolute Gasteiger partial charge is 0.120 e. The maximum Gasteiger partial charge on any atom is 0.120 e. The molecule has 108 valence electrons. The molecular formula is C14H20ClO3S-. The van der Waals surface area contributed by atoms with Crippen LogP contribution in [0.2, 0.25) is 5.02 Å². The van der Waals surface area contributed by atoms with Gasteiger partial charge in [-0.3, -0.25) is 4.21 Å². The van der Waals surface area contributed by atoms with Gasteiger partial charge >= 0.3 is 0 Å². The summed E-state index contributed by atoms with van der Waals surface area (Å²) in [6, 6.07) is 5.62. The Kier molecular flexibility index (Phi) is 6.83. The zero-order valence-corrected chi connectivity index (χ0v) is 13.1. The van der Waals surface area contributed by atoms with Gasteiger partial charge < -0.3 is 9.29 Å². The van der Waals surface area contributed by atoms with Crippen molar-refractivity contribution in [1.29, 1.82) is 0 Å². The van der Waals surface area contributed by atoms with Crippen LogP contribution in [0.15, 0.2) is 18.2 Å². The molecule has 19 heavy (non-hydrogen) atoms. The summed E-state index contributed by atoms with van der Waals surface area (Å²) < 4.78 is 26.5. The van der Waals surface area contributed by atoms with E-state index >= 15 is 0 Å². The Labute approximate surface area is 122 Å². The molecule has 0 saturated heterocycles. The third-order valence-electron chi connectivity index (χ3n) is 3.34. The van der Waals surface area contributed by atoms with Gasteiger partial charge in [0.1, 0.15) is 5.75 Å². The molecule has 0 aromatic heterocycles. The Morgan fingerprint density at radius 3 is 2.58 bits per heavy atom. The molecule has 0 N–H and O–H groups in total. The normalized spacial score (nSPS) is 14.4. The average molecular weight is 304 g/mol. The molecule has 0 saturated carbocycles. The quantitative estimate of drug-likeness (QED) is 0.725. The van der Waals surface area contributed by atoms with Gasteiger partial charge in [0.2, 0.25) is 0 Å². The Morgan fingerprint density at radius 1 is 1.42 bits per heavy atom. The van der Waals surface area contributed by atoms with Crippen LogP contribution in [-0.4, -0.2) is 21.6 Å².